The van der Waals surface area contributed by atoms with Gasteiger partial charge < -0.3 is 14.7 Å². The minimum absolute atomic E-state index is 0.000117. The average Bonchev–Trinajstić information content (AvgIpc) is 2.41. The van der Waals surface area contributed by atoms with Gasteiger partial charge in [-0.1, -0.05) is 6.07 Å². The molecule has 1 amide bonds. The largest absolute Gasteiger partial charge is 0.484 e. The van der Waals surface area contributed by atoms with E-state index in [1.807, 2.05) is 0 Å². The van der Waals surface area contributed by atoms with Crippen molar-refractivity contribution >= 4 is 11.9 Å². The number of ether oxygens (including phenoxy) is 1. The zero-order chi connectivity index (χ0) is 16.0. The maximum Gasteiger partial charge on any atom is 0.416 e. The number of carboxylic acid groups (broad SMARTS) is 1. The Kier molecular flexibility index (Phi) is 5.57. The van der Waals surface area contributed by atoms with Gasteiger partial charge in [0.2, 0.25) is 0 Å². The topological polar surface area (TPSA) is 66.8 Å². The van der Waals surface area contributed by atoms with Gasteiger partial charge in [0, 0.05) is 13.6 Å². The van der Waals surface area contributed by atoms with Crippen molar-refractivity contribution in [1.82, 2.24) is 4.90 Å². The first kappa shape index (κ1) is 16.8. The number of nitrogens with zero attached hydrogens (tertiary/aromatic N) is 1. The fourth-order valence-electron chi connectivity index (χ4n) is 1.41. The van der Waals surface area contributed by atoms with Crippen molar-refractivity contribution in [1.29, 1.82) is 0 Å². The van der Waals surface area contributed by atoms with Crippen molar-refractivity contribution in [3.8, 4) is 5.75 Å². The van der Waals surface area contributed by atoms with Crippen LogP contribution in [0.1, 0.15) is 12.0 Å². The van der Waals surface area contributed by atoms with E-state index < -0.39 is 30.2 Å². The molecule has 0 aliphatic carbocycles. The summed E-state index contributed by atoms with van der Waals surface area (Å²) in [5, 5.41) is 8.48. The number of benzene rings is 1. The van der Waals surface area contributed by atoms with Gasteiger partial charge in [-0.15, -0.1) is 0 Å². The number of amides is 1. The summed E-state index contributed by atoms with van der Waals surface area (Å²) in [5.41, 5.74) is -0.869. The van der Waals surface area contributed by atoms with E-state index >= 15 is 0 Å². The molecule has 0 spiro atoms. The molecule has 1 aromatic rings. The quantitative estimate of drug-likeness (QED) is 0.873. The lowest BCUT2D eigenvalue weighted by Gasteiger charge is -2.16. The summed E-state index contributed by atoms with van der Waals surface area (Å²) in [6.45, 7) is -0.461. The maximum atomic E-state index is 12.5. The van der Waals surface area contributed by atoms with E-state index in [0.29, 0.717) is 0 Å². The number of carbonyl (C=O) groups excluding carboxylic acids is 1. The highest BCUT2D eigenvalue weighted by Crippen LogP contribution is 2.31. The minimum Gasteiger partial charge on any atom is -0.484 e. The molecule has 116 valence electrons. The van der Waals surface area contributed by atoms with Gasteiger partial charge in [-0.25, -0.2) is 0 Å². The van der Waals surface area contributed by atoms with Crippen LogP contribution >= 0.6 is 0 Å². The number of aliphatic carboxylic acids is 1. The van der Waals surface area contributed by atoms with E-state index in [9.17, 15) is 22.8 Å². The molecule has 21 heavy (non-hydrogen) atoms. The molecule has 0 fully saturated rings. The molecule has 0 aliphatic rings. The zero-order valence-electron chi connectivity index (χ0n) is 11.2. The smallest absolute Gasteiger partial charge is 0.416 e. The number of carbonyl (C=O) groups is 2. The summed E-state index contributed by atoms with van der Waals surface area (Å²) in [4.78, 5) is 23.1. The standard InChI is InChI=1S/C13H14F3NO4/c1-17(6-5-12(19)20)11(18)8-21-10-4-2-3-9(7-10)13(14,15)16/h2-4,7H,5-6,8H2,1H3,(H,19,20). The van der Waals surface area contributed by atoms with Gasteiger partial charge in [0.15, 0.2) is 6.61 Å². The van der Waals surface area contributed by atoms with Crippen LogP contribution in [0.3, 0.4) is 0 Å². The lowest BCUT2D eigenvalue weighted by Crippen LogP contribution is -2.33. The Bertz CT molecular complexity index is 516. The van der Waals surface area contributed by atoms with Gasteiger partial charge in [0.1, 0.15) is 5.75 Å². The van der Waals surface area contributed by atoms with Gasteiger partial charge >= 0.3 is 12.1 Å². The normalized spacial score (nSPS) is 11.0. The third kappa shape index (κ3) is 5.72. The Morgan fingerprint density at radius 1 is 1.33 bits per heavy atom. The zero-order valence-corrected chi connectivity index (χ0v) is 11.2. The van der Waals surface area contributed by atoms with Crippen molar-refractivity contribution in [2.45, 2.75) is 12.6 Å². The molecule has 5 nitrogen and oxygen atoms in total. The number of rotatable bonds is 6. The lowest BCUT2D eigenvalue weighted by molar-refractivity contribution is -0.139. The van der Waals surface area contributed by atoms with Crippen LogP contribution in [0.15, 0.2) is 24.3 Å². The molecule has 8 heteroatoms. The monoisotopic (exact) mass is 305 g/mol. The summed E-state index contributed by atoms with van der Waals surface area (Å²) >= 11 is 0. The molecule has 0 saturated carbocycles. The van der Waals surface area contributed by atoms with Gasteiger partial charge in [-0.2, -0.15) is 13.2 Å². The lowest BCUT2D eigenvalue weighted by atomic mass is 10.2. The van der Waals surface area contributed by atoms with Gasteiger partial charge in [0.05, 0.1) is 12.0 Å². The van der Waals surface area contributed by atoms with Gasteiger partial charge in [-0.3, -0.25) is 9.59 Å². The first-order valence-corrected chi connectivity index (χ1v) is 5.96. The summed E-state index contributed by atoms with van der Waals surface area (Å²) in [7, 11) is 1.39. The van der Waals surface area contributed by atoms with E-state index in [4.69, 9.17) is 9.84 Å². The van der Waals surface area contributed by atoms with Crippen molar-refractivity contribution in [3.05, 3.63) is 29.8 Å². The second-order valence-electron chi connectivity index (χ2n) is 4.27. The summed E-state index contributed by atoms with van der Waals surface area (Å²) in [6.07, 6.45) is -4.70. The molecule has 0 saturated heterocycles. The van der Waals surface area contributed by atoms with Crippen LogP contribution in [-0.4, -0.2) is 42.1 Å². The van der Waals surface area contributed by atoms with E-state index in [0.717, 1.165) is 17.0 Å². The summed E-state index contributed by atoms with van der Waals surface area (Å²) < 4.78 is 42.4. The Hall–Kier alpha value is -2.25. The Balaban J connectivity index is 2.55. The third-order valence-corrected chi connectivity index (χ3v) is 2.61. The minimum atomic E-state index is -4.48. The highest BCUT2D eigenvalue weighted by molar-refractivity contribution is 5.78. The van der Waals surface area contributed by atoms with Crippen LogP contribution in [0.4, 0.5) is 13.2 Å². The summed E-state index contributed by atoms with van der Waals surface area (Å²) in [5.74, 6) is -1.65. The van der Waals surface area contributed by atoms with Crippen molar-refractivity contribution in [3.63, 3.8) is 0 Å². The molecule has 0 atom stereocenters. The molecule has 1 aromatic carbocycles. The highest BCUT2D eigenvalue weighted by atomic mass is 19.4. The first-order chi connectivity index (χ1) is 9.70. The number of carboxylic acids is 1. The van der Waals surface area contributed by atoms with Crippen LogP contribution < -0.4 is 4.74 Å². The molecule has 0 radical (unpaired) electrons. The molecule has 0 aliphatic heterocycles. The molecule has 1 N–H and O–H groups in total. The number of likely N-dealkylation sites (N-methyl/N-ethyl adjacent to an activating group) is 1. The molecule has 0 heterocycles. The van der Waals surface area contributed by atoms with Gasteiger partial charge in [-0.05, 0) is 18.2 Å². The second-order valence-corrected chi connectivity index (χ2v) is 4.27. The fraction of sp³-hybridized carbons (Fsp3) is 0.385. The predicted octanol–water partition coefficient (Wildman–Crippen LogP) is 2.02. The predicted molar refractivity (Wildman–Crippen MR) is 66.8 cm³/mol. The van der Waals surface area contributed by atoms with E-state index in [1.165, 1.54) is 19.2 Å². The van der Waals surface area contributed by atoms with Crippen LogP contribution in [0, 0.1) is 0 Å². The Morgan fingerprint density at radius 2 is 2.00 bits per heavy atom. The Morgan fingerprint density at radius 3 is 2.57 bits per heavy atom. The SMILES string of the molecule is CN(CCC(=O)O)C(=O)COc1cccc(C(F)(F)F)c1. The van der Waals surface area contributed by atoms with Crippen LogP contribution in [0.2, 0.25) is 0 Å². The van der Waals surface area contributed by atoms with E-state index in [2.05, 4.69) is 0 Å². The average molecular weight is 305 g/mol. The van der Waals surface area contributed by atoms with Crippen molar-refractivity contribution < 1.29 is 32.6 Å². The molecular formula is C13H14F3NO4. The molecular weight excluding hydrogens is 291 g/mol. The van der Waals surface area contributed by atoms with Crippen molar-refractivity contribution in [2.75, 3.05) is 20.2 Å². The highest BCUT2D eigenvalue weighted by Gasteiger charge is 2.30. The van der Waals surface area contributed by atoms with Gasteiger partial charge in [0.25, 0.3) is 5.91 Å². The fourth-order valence-corrected chi connectivity index (χ4v) is 1.41. The molecule has 0 unspecified atom stereocenters. The van der Waals surface area contributed by atoms with Crippen LogP contribution in [-0.2, 0) is 15.8 Å². The van der Waals surface area contributed by atoms with Crippen LogP contribution in [0.5, 0.6) is 5.75 Å². The molecule has 1 rings (SSSR count). The molecule has 0 bridgehead atoms. The second kappa shape index (κ2) is 6.96. The third-order valence-electron chi connectivity index (χ3n) is 2.61. The van der Waals surface area contributed by atoms with E-state index in [-0.39, 0.29) is 18.7 Å². The first-order valence-electron chi connectivity index (χ1n) is 5.96. The number of halogens is 3. The molecule has 0 aromatic heterocycles. The number of hydrogen-bond donors (Lipinski definition) is 1. The Labute approximate surface area is 118 Å². The summed E-state index contributed by atoms with van der Waals surface area (Å²) in [6, 6.07) is 4.18. The van der Waals surface area contributed by atoms with Crippen molar-refractivity contribution in [2.24, 2.45) is 0 Å². The maximum absolute atomic E-state index is 12.5. The van der Waals surface area contributed by atoms with Crippen LogP contribution in [0.25, 0.3) is 0 Å². The number of hydrogen-bond acceptors (Lipinski definition) is 3. The van der Waals surface area contributed by atoms with E-state index in [1.54, 1.807) is 0 Å². The number of alkyl halides is 3.